The van der Waals surface area contributed by atoms with Gasteiger partial charge in [0.1, 0.15) is 13.6 Å². The Morgan fingerprint density at radius 3 is 2.42 bits per heavy atom. The second kappa shape index (κ2) is 10.8. The summed E-state index contributed by atoms with van der Waals surface area (Å²) in [7, 11) is 0. The summed E-state index contributed by atoms with van der Waals surface area (Å²) in [6.45, 7) is 3.98. The highest BCUT2D eigenvalue weighted by Gasteiger charge is 1.88. The predicted molar refractivity (Wildman–Crippen MR) is 44.7 cm³/mol. The molecule has 0 aromatic carbocycles. The van der Waals surface area contributed by atoms with Gasteiger partial charge in [0.05, 0.1) is 0 Å². The zero-order valence-corrected chi connectivity index (χ0v) is 7.62. The van der Waals surface area contributed by atoms with Crippen LogP contribution in [0.4, 0.5) is 0 Å². The van der Waals surface area contributed by atoms with Crippen LogP contribution in [0.5, 0.6) is 0 Å². The molecule has 0 aliphatic heterocycles. The van der Waals surface area contributed by atoms with Crippen molar-refractivity contribution in [2.45, 2.75) is 19.8 Å². The van der Waals surface area contributed by atoms with Gasteiger partial charge in [-0.15, -0.1) is 0 Å². The van der Waals surface area contributed by atoms with E-state index in [1.807, 2.05) is 6.92 Å². The first kappa shape index (κ1) is 11.8. The SMILES string of the molecule is CCOCOCOCCCCO. The minimum atomic E-state index is 0.225. The lowest BCUT2D eigenvalue weighted by molar-refractivity contribution is -0.129. The molecule has 0 radical (unpaired) electrons. The number of unbranched alkanes of at least 4 members (excludes halogenated alkanes) is 1. The Balaban J connectivity index is 2.73. The molecule has 0 atom stereocenters. The van der Waals surface area contributed by atoms with E-state index in [0.717, 1.165) is 12.8 Å². The second-order valence-electron chi connectivity index (χ2n) is 2.27. The Morgan fingerprint density at radius 2 is 1.75 bits per heavy atom. The van der Waals surface area contributed by atoms with E-state index in [-0.39, 0.29) is 20.2 Å². The van der Waals surface area contributed by atoms with E-state index in [1.54, 1.807) is 0 Å². The molecule has 0 bridgehead atoms. The van der Waals surface area contributed by atoms with E-state index in [0.29, 0.717) is 13.2 Å². The lowest BCUT2D eigenvalue weighted by Crippen LogP contribution is -2.05. The molecule has 1 N–H and O–H groups in total. The largest absolute Gasteiger partial charge is 0.396 e. The minimum Gasteiger partial charge on any atom is -0.396 e. The normalized spacial score (nSPS) is 10.5. The van der Waals surface area contributed by atoms with Crippen molar-refractivity contribution in [3.8, 4) is 0 Å². The van der Waals surface area contributed by atoms with Gasteiger partial charge in [-0.3, -0.25) is 0 Å². The monoisotopic (exact) mass is 178 g/mol. The highest BCUT2D eigenvalue weighted by atomic mass is 16.7. The third kappa shape index (κ3) is 9.84. The number of ether oxygens (including phenoxy) is 3. The van der Waals surface area contributed by atoms with Crippen LogP contribution in [0.1, 0.15) is 19.8 Å². The lowest BCUT2D eigenvalue weighted by Gasteiger charge is -2.04. The first-order valence-corrected chi connectivity index (χ1v) is 4.26. The number of aliphatic hydroxyl groups excluding tert-OH is 1. The molecule has 0 aliphatic carbocycles. The van der Waals surface area contributed by atoms with Gasteiger partial charge >= 0.3 is 0 Å². The molecule has 0 aliphatic rings. The summed E-state index contributed by atoms with van der Waals surface area (Å²) in [5, 5.41) is 8.43. The number of hydrogen-bond acceptors (Lipinski definition) is 4. The first-order chi connectivity index (χ1) is 5.91. The van der Waals surface area contributed by atoms with E-state index in [9.17, 15) is 0 Å². The molecule has 0 unspecified atom stereocenters. The van der Waals surface area contributed by atoms with Crippen LogP contribution in [0, 0.1) is 0 Å². The predicted octanol–water partition coefficient (Wildman–Crippen LogP) is 0.744. The summed E-state index contributed by atoms with van der Waals surface area (Å²) in [4.78, 5) is 0. The summed E-state index contributed by atoms with van der Waals surface area (Å²) >= 11 is 0. The molecule has 4 heteroatoms. The Hall–Kier alpha value is -0.160. The summed E-state index contributed by atoms with van der Waals surface area (Å²) in [5.41, 5.74) is 0. The third-order valence-electron chi connectivity index (χ3n) is 1.23. The lowest BCUT2D eigenvalue weighted by atomic mass is 10.3. The van der Waals surface area contributed by atoms with Gasteiger partial charge in [0, 0.05) is 19.8 Å². The molecule has 0 saturated carbocycles. The van der Waals surface area contributed by atoms with Gasteiger partial charge in [0.15, 0.2) is 0 Å². The van der Waals surface area contributed by atoms with Gasteiger partial charge in [0.25, 0.3) is 0 Å². The van der Waals surface area contributed by atoms with Crippen LogP contribution < -0.4 is 0 Å². The molecule has 0 amide bonds. The third-order valence-corrected chi connectivity index (χ3v) is 1.23. The van der Waals surface area contributed by atoms with E-state index >= 15 is 0 Å². The molecule has 0 saturated heterocycles. The van der Waals surface area contributed by atoms with Gasteiger partial charge in [-0.1, -0.05) is 0 Å². The number of rotatable bonds is 9. The van der Waals surface area contributed by atoms with Gasteiger partial charge in [-0.25, -0.2) is 0 Å². The van der Waals surface area contributed by atoms with Crippen molar-refractivity contribution in [1.29, 1.82) is 0 Å². The standard InChI is InChI=1S/C8H18O4/c1-2-10-7-12-8-11-6-4-3-5-9/h9H,2-8H2,1H3. The molecule has 74 valence electrons. The molecule has 4 nitrogen and oxygen atoms in total. The van der Waals surface area contributed by atoms with Crippen molar-refractivity contribution in [1.82, 2.24) is 0 Å². The van der Waals surface area contributed by atoms with Crippen molar-refractivity contribution >= 4 is 0 Å². The van der Waals surface area contributed by atoms with Crippen LogP contribution in [-0.4, -0.2) is 38.5 Å². The average molecular weight is 178 g/mol. The fraction of sp³-hybridized carbons (Fsp3) is 1.00. The summed E-state index contributed by atoms with van der Waals surface area (Å²) in [6.07, 6.45) is 1.65. The van der Waals surface area contributed by atoms with Crippen molar-refractivity contribution in [3.05, 3.63) is 0 Å². The summed E-state index contributed by atoms with van der Waals surface area (Å²) < 4.78 is 14.9. The summed E-state index contributed by atoms with van der Waals surface area (Å²) in [5.74, 6) is 0. The Kier molecular flexibility index (Phi) is 10.7. The number of hydrogen-bond donors (Lipinski definition) is 1. The maximum Gasteiger partial charge on any atom is 0.149 e. The van der Waals surface area contributed by atoms with E-state index < -0.39 is 0 Å². The second-order valence-corrected chi connectivity index (χ2v) is 2.27. The van der Waals surface area contributed by atoms with Crippen LogP contribution in [0.3, 0.4) is 0 Å². The Morgan fingerprint density at radius 1 is 1.00 bits per heavy atom. The Labute approximate surface area is 73.4 Å². The molecule has 12 heavy (non-hydrogen) atoms. The fourth-order valence-corrected chi connectivity index (χ4v) is 0.610. The van der Waals surface area contributed by atoms with Crippen LogP contribution in [-0.2, 0) is 14.2 Å². The van der Waals surface area contributed by atoms with Gasteiger partial charge in [0.2, 0.25) is 0 Å². The summed E-state index contributed by atoms with van der Waals surface area (Å²) in [6, 6.07) is 0. The van der Waals surface area contributed by atoms with E-state index in [1.165, 1.54) is 0 Å². The Bertz CT molecular complexity index is 67.5. The smallest absolute Gasteiger partial charge is 0.149 e. The maximum absolute atomic E-state index is 8.43. The highest BCUT2D eigenvalue weighted by Crippen LogP contribution is 1.88. The average Bonchev–Trinajstić information content (AvgIpc) is 2.10. The van der Waals surface area contributed by atoms with Crippen molar-refractivity contribution in [2.75, 3.05) is 33.4 Å². The first-order valence-electron chi connectivity index (χ1n) is 4.26. The van der Waals surface area contributed by atoms with Crippen molar-refractivity contribution in [3.63, 3.8) is 0 Å². The van der Waals surface area contributed by atoms with E-state index in [4.69, 9.17) is 19.3 Å². The zero-order valence-electron chi connectivity index (χ0n) is 7.62. The van der Waals surface area contributed by atoms with Gasteiger partial charge < -0.3 is 19.3 Å². The topological polar surface area (TPSA) is 47.9 Å². The molecule has 0 rings (SSSR count). The van der Waals surface area contributed by atoms with Crippen LogP contribution in [0.25, 0.3) is 0 Å². The molecule has 0 aromatic heterocycles. The molecular formula is C8H18O4. The van der Waals surface area contributed by atoms with Gasteiger partial charge in [-0.2, -0.15) is 0 Å². The minimum absolute atomic E-state index is 0.225. The highest BCUT2D eigenvalue weighted by molar-refractivity contribution is 4.33. The van der Waals surface area contributed by atoms with E-state index in [2.05, 4.69) is 0 Å². The van der Waals surface area contributed by atoms with Gasteiger partial charge in [-0.05, 0) is 19.8 Å². The van der Waals surface area contributed by atoms with Crippen LogP contribution in [0.2, 0.25) is 0 Å². The molecule has 0 aromatic rings. The van der Waals surface area contributed by atoms with Crippen LogP contribution >= 0.6 is 0 Å². The molecule has 0 heterocycles. The fourth-order valence-electron chi connectivity index (χ4n) is 0.610. The zero-order chi connectivity index (χ0) is 9.07. The quantitative estimate of drug-likeness (QED) is 0.418. The molecule has 0 fully saturated rings. The van der Waals surface area contributed by atoms with Crippen LogP contribution in [0.15, 0.2) is 0 Å². The number of aliphatic hydroxyl groups is 1. The van der Waals surface area contributed by atoms with Crippen molar-refractivity contribution in [2.24, 2.45) is 0 Å². The maximum atomic E-state index is 8.43. The molecule has 0 spiro atoms. The molecular weight excluding hydrogens is 160 g/mol. The van der Waals surface area contributed by atoms with Crippen molar-refractivity contribution < 1.29 is 19.3 Å².